The molecule has 1 aromatic heterocycles. The molecule has 1 N–H and O–H groups in total. The van der Waals surface area contributed by atoms with Crippen LogP contribution in [0.25, 0.3) is 0 Å². The summed E-state index contributed by atoms with van der Waals surface area (Å²) in [5.41, 5.74) is 1.04. The van der Waals surface area contributed by atoms with Gasteiger partial charge >= 0.3 is 0 Å². The molecule has 0 unspecified atom stereocenters. The summed E-state index contributed by atoms with van der Waals surface area (Å²) in [5, 5.41) is 3.16. The smallest absolute Gasteiger partial charge is 0.261 e. The summed E-state index contributed by atoms with van der Waals surface area (Å²) in [7, 11) is 0. The van der Waals surface area contributed by atoms with Crippen LogP contribution in [0.4, 0.5) is 0 Å². The Labute approximate surface area is 146 Å². The molecule has 0 aliphatic carbocycles. The lowest BCUT2D eigenvalue weighted by Crippen LogP contribution is -2.31. The lowest BCUT2D eigenvalue weighted by atomic mass is 9.95. The van der Waals surface area contributed by atoms with Gasteiger partial charge < -0.3 is 14.8 Å². The van der Waals surface area contributed by atoms with Gasteiger partial charge in [-0.05, 0) is 42.7 Å². The molecule has 0 spiro atoms. The van der Waals surface area contributed by atoms with Crippen molar-refractivity contribution in [1.82, 2.24) is 5.32 Å². The van der Waals surface area contributed by atoms with Gasteiger partial charge in [-0.25, -0.2) is 0 Å². The Bertz CT molecular complexity index is 723. The van der Waals surface area contributed by atoms with E-state index in [2.05, 4.69) is 19.2 Å². The van der Waals surface area contributed by atoms with Crippen LogP contribution in [0.15, 0.2) is 30.3 Å². The molecule has 0 saturated carbocycles. The molecule has 0 saturated heterocycles. The zero-order valence-electron chi connectivity index (χ0n) is 14.3. The zero-order chi connectivity index (χ0) is 17.1. The van der Waals surface area contributed by atoms with Gasteiger partial charge in [-0.1, -0.05) is 19.9 Å². The number of amides is 1. The van der Waals surface area contributed by atoms with E-state index < -0.39 is 0 Å². The summed E-state index contributed by atoms with van der Waals surface area (Å²) in [6.45, 7) is 7.55. The van der Waals surface area contributed by atoms with E-state index in [1.165, 1.54) is 11.3 Å². The van der Waals surface area contributed by atoms with Gasteiger partial charge in [0.05, 0.1) is 24.1 Å². The third-order valence-electron chi connectivity index (χ3n) is 4.05. The maximum atomic E-state index is 12.5. The van der Waals surface area contributed by atoms with Crippen LogP contribution in [0, 0.1) is 12.8 Å². The third kappa shape index (κ3) is 3.73. The highest BCUT2D eigenvalue weighted by molar-refractivity contribution is 7.13. The fourth-order valence-electron chi connectivity index (χ4n) is 2.78. The van der Waals surface area contributed by atoms with E-state index in [9.17, 15) is 4.79 Å². The van der Waals surface area contributed by atoms with Gasteiger partial charge in [0, 0.05) is 11.3 Å². The molecule has 128 valence electrons. The lowest BCUT2D eigenvalue weighted by molar-refractivity contribution is 0.0929. The molecule has 4 nitrogen and oxygen atoms in total. The van der Waals surface area contributed by atoms with E-state index >= 15 is 0 Å². The third-order valence-corrected chi connectivity index (χ3v) is 5.05. The maximum Gasteiger partial charge on any atom is 0.261 e. The quantitative estimate of drug-likeness (QED) is 0.896. The highest BCUT2D eigenvalue weighted by Crippen LogP contribution is 2.34. The van der Waals surface area contributed by atoms with E-state index in [0.717, 1.165) is 33.2 Å². The summed E-state index contributed by atoms with van der Waals surface area (Å²) in [6.07, 6.45) is 0.881. The number of nitrogens with one attached hydrogen (secondary N) is 1. The summed E-state index contributed by atoms with van der Waals surface area (Å²) in [4.78, 5) is 14.4. The first kappa shape index (κ1) is 16.8. The molecule has 0 fully saturated rings. The van der Waals surface area contributed by atoms with Gasteiger partial charge in [-0.2, -0.15) is 0 Å². The Balaban J connectivity index is 1.83. The molecular weight excluding hydrogens is 322 g/mol. The van der Waals surface area contributed by atoms with Crippen molar-refractivity contribution in [2.75, 3.05) is 13.2 Å². The highest BCUT2D eigenvalue weighted by Gasteiger charge is 2.22. The van der Waals surface area contributed by atoms with Crippen molar-refractivity contribution in [2.45, 2.75) is 33.2 Å². The molecule has 3 rings (SSSR count). The van der Waals surface area contributed by atoms with E-state index in [-0.39, 0.29) is 17.9 Å². The molecule has 1 amide bonds. The summed E-state index contributed by atoms with van der Waals surface area (Å²) < 4.78 is 11.5. The van der Waals surface area contributed by atoms with Crippen molar-refractivity contribution in [3.63, 3.8) is 0 Å². The van der Waals surface area contributed by atoms with E-state index in [1.54, 1.807) is 0 Å². The van der Waals surface area contributed by atoms with Crippen LogP contribution in [0.5, 0.6) is 11.5 Å². The minimum atomic E-state index is -0.0722. The van der Waals surface area contributed by atoms with E-state index in [4.69, 9.17) is 9.47 Å². The molecule has 2 heterocycles. The van der Waals surface area contributed by atoms with Crippen LogP contribution in [0.3, 0.4) is 0 Å². The number of carbonyl (C=O) groups is 1. The Hall–Kier alpha value is -2.01. The Morgan fingerprint density at radius 1 is 1.12 bits per heavy atom. The second-order valence-electron chi connectivity index (χ2n) is 6.36. The molecule has 0 radical (unpaired) electrons. The van der Waals surface area contributed by atoms with E-state index in [0.29, 0.717) is 13.2 Å². The topological polar surface area (TPSA) is 47.6 Å². The van der Waals surface area contributed by atoms with Gasteiger partial charge in [0.2, 0.25) is 0 Å². The van der Waals surface area contributed by atoms with Crippen molar-refractivity contribution in [3.8, 4) is 11.5 Å². The van der Waals surface area contributed by atoms with Gasteiger partial charge in [0.15, 0.2) is 11.5 Å². The molecule has 1 aromatic carbocycles. The molecular formula is C19H23NO3S. The van der Waals surface area contributed by atoms with E-state index in [1.807, 2.05) is 37.3 Å². The van der Waals surface area contributed by atoms with Crippen LogP contribution >= 0.6 is 11.3 Å². The number of hydrogen-bond acceptors (Lipinski definition) is 4. The van der Waals surface area contributed by atoms with Gasteiger partial charge in [-0.15, -0.1) is 11.3 Å². The highest BCUT2D eigenvalue weighted by atomic mass is 32.1. The average Bonchev–Trinajstić information content (AvgIpc) is 2.86. The van der Waals surface area contributed by atoms with Gasteiger partial charge in [-0.3, -0.25) is 4.79 Å². The number of fused-ring (bicyclic) bond motifs is 1. The second kappa shape index (κ2) is 7.26. The fourth-order valence-corrected chi connectivity index (χ4v) is 3.55. The molecule has 2 aromatic rings. The second-order valence-corrected chi connectivity index (χ2v) is 7.65. The first-order valence-electron chi connectivity index (χ1n) is 8.31. The first-order chi connectivity index (χ1) is 11.5. The zero-order valence-corrected chi connectivity index (χ0v) is 15.1. The van der Waals surface area contributed by atoms with Crippen LogP contribution in [0.1, 0.15) is 46.4 Å². The van der Waals surface area contributed by atoms with Crippen LogP contribution in [0.2, 0.25) is 0 Å². The molecule has 1 atom stereocenters. The summed E-state index contributed by atoms with van der Waals surface area (Å²) >= 11 is 1.51. The number of rotatable bonds is 4. The summed E-state index contributed by atoms with van der Waals surface area (Å²) in [6, 6.07) is 9.71. The molecule has 1 aliphatic heterocycles. The van der Waals surface area contributed by atoms with Crippen molar-refractivity contribution in [3.05, 3.63) is 45.6 Å². The van der Waals surface area contributed by atoms with Crippen LogP contribution in [-0.2, 0) is 0 Å². The Morgan fingerprint density at radius 2 is 1.88 bits per heavy atom. The van der Waals surface area contributed by atoms with Crippen LogP contribution in [-0.4, -0.2) is 19.1 Å². The minimum absolute atomic E-state index is 0.0288. The number of benzene rings is 1. The monoisotopic (exact) mass is 345 g/mol. The number of ether oxygens (including phenoxy) is 2. The predicted molar refractivity (Wildman–Crippen MR) is 96.2 cm³/mol. The number of carbonyl (C=O) groups excluding carboxylic acids is 1. The summed E-state index contributed by atoms with van der Waals surface area (Å²) in [5.74, 6) is 1.77. The number of thiophene rings is 1. The number of hydrogen-bond donors (Lipinski definition) is 1. The first-order valence-corrected chi connectivity index (χ1v) is 9.13. The molecule has 24 heavy (non-hydrogen) atoms. The number of aryl methyl sites for hydroxylation is 1. The van der Waals surface area contributed by atoms with Crippen molar-refractivity contribution in [2.24, 2.45) is 5.92 Å². The lowest BCUT2D eigenvalue weighted by Gasteiger charge is -2.23. The van der Waals surface area contributed by atoms with Gasteiger partial charge in [0.25, 0.3) is 5.91 Å². The van der Waals surface area contributed by atoms with Crippen molar-refractivity contribution < 1.29 is 14.3 Å². The van der Waals surface area contributed by atoms with Crippen molar-refractivity contribution >= 4 is 17.2 Å². The molecule has 0 bridgehead atoms. The molecule has 1 aliphatic rings. The maximum absolute atomic E-state index is 12.5. The standard InChI is InChI=1S/C19H23NO3S/c1-12(2)18(20-19(21)17-8-5-13(3)24-17)14-6-7-15-16(11-14)23-10-4-9-22-15/h5-8,11-12,18H,4,9-10H2,1-3H3,(H,20,21)/t18-/m0/s1. The van der Waals surface area contributed by atoms with Crippen LogP contribution < -0.4 is 14.8 Å². The van der Waals surface area contributed by atoms with Gasteiger partial charge in [0.1, 0.15) is 0 Å². The SMILES string of the molecule is Cc1ccc(C(=O)N[C@H](c2ccc3c(c2)OCCCO3)C(C)C)s1. The van der Waals surface area contributed by atoms with Crippen molar-refractivity contribution in [1.29, 1.82) is 0 Å². The Kier molecular flexibility index (Phi) is 5.09. The predicted octanol–water partition coefficient (Wildman–Crippen LogP) is 4.34. The normalized spacial score (nSPS) is 15.0. The largest absolute Gasteiger partial charge is 0.490 e. The fraction of sp³-hybridized carbons (Fsp3) is 0.421. The average molecular weight is 345 g/mol. The molecule has 5 heteroatoms. The minimum Gasteiger partial charge on any atom is -0.490 e. The Morgan fingerprint density at radius 3 is 2.54 bits per heavy atom.